The highest BCUT2D eigenvalue weighted by molar-refractivity contribution is 14.0. The molecule has 1 heterocycles. The van der Waals surface area contributed by atoms with Gasteiger partial charge >= 0.3 is 0 Å². The standard InChI is InChI=1S/C7H16N8S.HI/c1-9-6(11-8)10-4-3-5-16-7-12-13-14-15(7)2;/h3-5,8H2,1-2H3,(H2,9,10,11);1H. The molecule has 4 N–H and O–H groups in total. The van der Waals surface area contributed by atoms with Crippen molar-refractivity contribution in [2.24, 2.45) is 17.9 Å². The Bertz CT molecular complexity index is 340. The van der Waals surface area contributed by atoms with Crippen molar-refractivity contribution in [3.8, 4) is 0 Å². The molecule has 0 amide bonds. The van der Waals surface area contributed by atoms with Gasteiger partial charge in [0.1, 0.15) is 0 Å². The average molecular weight is 372 g/mol. The van der Waals surface area contributed by atoms with Crippen LogP contribution in [0.5, 0.6) is 0 Å². The number of halogens is 1. The molecular formula is C7H17IN8S. The molecule has 0 spiro atoms. The lowest BCUT2D eigenvalue weighted by molar-refractivity contribution is 0.664. The van der Waals surface area contributed by atoms with Crippen molar-refractivity contribution in [1.82, 2.24) is 30.9 Å². The van der Waals surface area contributed by atoms with Crippen molar-refractivity contribution in [2.45, 2.75) is 11.6 Å². The molecular weight excluding hydrogens is 355 g/mol. The van der Waals surface area contributed by atoms with E-state index in [4.69, 9.17) is 5.84 Å². The van der Waals surface area contributed by atoms with Gasteiger partial charge in [-0.15, -0.1) is 29.1 Å². The van der Waals surface area contributed by atoms with Gasteiger partial charge in [-0.1, -0.05) is 11.8 Å². The van der Waals surface area contributed by atoms with Crippen LogP contribution in [0.25, 0.3) is 0 Å². The minimum atomic E-state index is 0. The number of guanidine groups is 1. The Morgan fingerprint density at radius 1 is 1.59 bits per heavy atom. The van der Waals surface area contributed by atoms with E-state index in [1.807, 2.05) is 7.05 Å². The van der Waals surface area contributed by atoms with Gasteiger partial charge in [-0.25, -0.2) is 10.5 Å². The molecule has 98 valence electrons. The van der Waals surface area contributed by atoms with Crippen molar-refractivity contribution in [2.75, 3.05) is 19.3 Å². The van der Waals surface area contributed by atoms with Crippen molar-refractivity contribution in [3.05, 3.63) is 0 Å². The molecule has 0 aromatic carbocycles. The molecule has 0 fully saturated rings. The summed E-state index contributed by atoms with van der Waals surface area (Å²) in [7, 11) is 3.49. The smallest absolute Gasteiger partial charge is 0.209 e. The summed E-state index contributed by atoms with van der Waals surface area (Å²) in [6, 6.07) is 0. The summed E-state index contributed by atoms with van der Waals surface area (Å²) in [6.07, 6.45) is 0.970. The number of thioether (sulfide) groups is 1. The predicted molar refractivity (Wildman–Crippen MR) is 78.2 cm³/mol. The highest BCUT2D eigenvalue weighted by Crippen LogP contribution is 2.12. The van der Waals surface area contributed by atoms with Crippen LogP contribution >= 0.6 is 35.7 Å². The molecule has 17 heavy (non-hydrogen) atoms. The Balaban J connectivity index is 0.00000256. The molecule has 1 aromatic heterocycles. The summed E-state index contributed by atoms with van der Waals surface area (Å²) in [4.78, 5) is 3.89. The van der Waals surface area contributed by atoms with Gasteiger partial charge in [0.15, 0.2) is 0 Å². The molecule has 0 bridgehead atoms. The molecule has 0 aliphatic carbocycles. The van der Waals surface area contributed by atoms with Gasteiger partial charge < -0.3 is 5.32 Å². The normalized spacial score (nSPS) is 10.9. The maximum absolute atomic E-state index is 5.22. The van der Waals surface area contributed by atoms with E-state index < -0.39 is 0 Å². The Hall–Kier alpha value is -0.620. The van der Waals surface area contributed by atoms with E-state index in [0.29, 0.717) is 5.96 Å². The summed E-state index contributed by atoms with van der Waals surface area (Å²) >= 11 is 1.62. The predicted octanol–water partition coefficient (Wildman–Crippen LogP) is -0.651. The molecule has 0 atom stereocenters. The Morgan fingerprint density at radius 2 is 2.35 bits per heavy atom. The fourth-order valence-electron chi connectivity index (χ4n) is 0.981. The fourth-order valence-corrected chi connectivity index (χ4v) is 1.77. The Labute approximate surface area is 121 Å². The van der Waals surface area contributed by atoms with Gasteiger partial charge in [0.2, 0.25) is 11.1 Å². The van der Waals surface area contributed by atoms with Crippen molar-refractivity contribution in [3.63, 3.8) is 0 Å². The number of hydrogen-bond donors (Lipinski definition) is 3. The molecule has 0 unspecified atom stereocenters. The Kier molecular flexibility index (Phi) is 9.07. The lowest BCUT2D eigenvalue weighted by Gasteiger charge is -2.07. The zero-order valence-electron chi connectivity index (χ0n) is 9.75. The van der Waals surface area contributed by atoms with E-state index in [2.05, 4.69) is 31.3 Å². The lowest BCUT2D eigenvalue weighted by atomic mass is 10.5. The highest BCUT2D eigenvalue weighted by atomic mass is 127. The zero-order chi connectivity index (χ0) is 11.8. The van der Waals surface area contributed by atoms with E-state index in [1.165, 1.54) is 0 Å². The van der Waals surface area contributed by atoms with Gasteiger partial charge in [0, 0.05) is 26.4 Å². The quantitative estimate of drug-likeness (QED) is 0.120. The molecule has 0 aliphatic heterocycles. The largest absolute Gasteiger partial charge is 0.355 e. The van der Waals surface area contributed by atoms with Gasteiger partial charge in [0.25, 0.3) is 0 Å². The third-order valence-electron chi connectivity index (χ3n) is 1.79. The average Bonchev–Trinajstić information content (AvgIpc) is 2.70. The minimum Gasteiger partial charge on any atom is -0.355 e. The molecule has 0 saturated carbocycles. The second kappa shape index (κ2) is 9.41. The van der Waals surface area contributed by atoms with Crippen LogP contribution in [0.3, 0.4) is 0 Å². The first-order valence-corrected chi connectivity index (χ1v) is 5.79. The highest BCUT2D eigenvalue weighted by Gasteiger charge is 2.01. The van der Waals surface area contributed by atoms with E-state index in [0.717, 1.165) is 23.9 Å². The van der Waals surface area contributed by atoms with Crippen LogP contribution in [0.1, 0.15) is 6.42 Å². The maximum Gasteiger partial charge on any atom is 0.209 e. The second-order valence-corrected chi connectivity index (χ2v) is 3.99. The number of hydrogen-bond acceptors (Lipinski definition) is 6. The van der Waals surface area contributed by atoms with E-state index in [-0.39, 0.29) is 24.0 Å². The van der Waals surface area contributed by atoms with Crippen LogP contribution in [0.15, 0.2) is 10.1 Å². The monoisotopic (exact) mass is 372 g/mol. The number of nitrogens with zero attached hydrogens (tertiary/aromatic N) is 5. The van der Waals surface area contributed by atoms with Gasteiger partial charge in [-0.2, -0.15) is 0 Å². The molecule has 0 aliphatic rings. The van der Waals surface area contributed by atoms with Crippen molar-refractivity contribution >= 4 is 41.7 Å². The summed E-state index contributed by atoms with van der Waals surface area (Å²) in [5.74, 6) is 6.74. The third kappa shape index (κ3) is 6.02. The van der Waals surface area contributed by atoms with E-state index >= 15 is 0 Å². The maximum atomic E-state index is 5.22. The van der Waals surface area contributed by atoms with Crippen LogP contribution in [-0.4, -0.2) is 45.5 Å². The number of aromatic nitrogens is 4. The molecule has 10 heteroatoms. The molecule has 1 rings (SSSR count). The van der Waals surface area contributed by atoms with Crippen LogP contribution < -0.4 is 16.6 Å². The van der Waals surface area contributed by atoms with Crippen LogP contribution in [0.2, 0.25) is 0 Å². The van der Waals surface area contributed by atoms with E-state index in [1.54, 1.807) is 23.5 Å². The van der Waals surface area contributed by atoms with Gasteiger partial charge in [-0.3, -0.25) is 10.4 Å². The fraction of sp³-hybridized carbons (Fsp3) is 0.714. The number of rotatable bonds is 5. The first-order valence-electron chi connectivity index (χ1n) is 4.80. The van der Waals surface area contributed by atoms with Crippen molar-refractivity contribution in [1.29, 1.82) is 0 Å². The SMILES string of the molecule is CN=C(NN)NCCCSc1nnnn1C.I. The van der Waals surface area contributed by atoms with Gasteiger partial charge in [-0.05, 0) is 16.8 Å². The number of nitrogens with two attached hydrogens (primary N) is 1. The molecule has 8 nitrogen and oxygen atoms in total. The summed E-state index contributed by atoms with van der Waals surface area (Å²) in [5.41, 5.74) is 2.46. The van der Waals surface area contributed by atoms with Crippen molar-refractivity contribution < 1.29 is 0 Å². The minimum absolute atomic E-state index is 0. The van der Waals surface area contributed by atoms with Crippen LogP contribution in [0, 0.1) is 0 Å². The Morgan fingerprint density at radius 3 is 2.88 bits per heavy atom. The topological polar surface area (TPSA) is 106 Å². The molecule has 0 radical (unpaired) electrons. The number of nitrogens with one attached hydrogen (secondary N) is 2. The van der Waals surface area contributed by atoms with Crippen LogP contribution in [0.4, 0.5) is 0 Å². The number of tetrazole rings is 1. The van der Waals surface area contributed by atoms with Gasteiger partial charge in [0.05, 0.1) is 0 Å². The molecule has 0 saturated heterocycles. The molecule has 1 aromatic rings. The first kappa shape index (κ1) is 16.4. The number of hydrazine groups is 1. The zero-order valence-corrected chi connectivity index (χ0v) is 12.9. The number of aliphatic imine (C=N–C) groups is 1. The number of aryl methyl sites for hydroxylation is 1. The summed E-state index contributed by atoms with van der Waals surface area (Å²) in [5, 5.41) is 15.0. The first-order chi connectivity index (χ1) is 7.77. The lowest BCUT2D eigenvalue weighted by Crippen LogP contribution is -2.41. The second-order valence-electron chi connectivity index (χ2n) is 2.93. The van der Waals surface area contributed by atoms with Crippen LogP contribution in [-0.2, 0) is 7.05 Å². The summed E-state index contributed by atoms with van der Waals surface area (Å²) in [6.45, 7) is 0.801. The summed E-state index contributed by atoms with van der Waals surface area (Å²) < 4.78 is 1.65. The third-order valence-corrected chi connectivity index (χ3v) is 2.88. The van der Waals surface area contributed by atoms with E-state index in [9.17, 15) is 0 Å².